The molecule has 92 valence electrons. The molecule has 0 aromatic heterocycles. The number of hydrogen-bond acceptors (Lipinski definition) is 4. The lowest BCUT2D eigenvalue weighted by molar-refractivity contribution is -0.166. The summed E-state index contributed by atoms with van der Waals surface area (Å²) in [7, 11) is 1.06. The molecule has 1 unspecified atom stereocenters. The lowest BCUT2D eigenvalue weighted by atomic mass is 10.0. The number of hydrogen-bond donors (Lipinski definition) is 2. The van der Waals surface area contributed by atoms with Gasteiger partial charge in [-0.3, -0.25) is 14.8 Å². The number of rotatable bonds is 4. The van der Waals surface area contributed by atoms with E-state index in [1.807, 2.05) is 0 Å². The molecular weight excluding hydrogens is 290 g/mol. The molecule has 0 bridgehead atoms. The summed E-state index contributed by atoms with van der Waals surface area (Å²) >= 11 is 3.24. The molecule has 0 aliphatic rings. The largest absolute Gasteiger partial charge is 0.388 e. The van der Waals surface area contributed by atoms with E-state index < -0.39 is 17.8 Å². The zero-order valence-corrected chi connectivity index (χ0v) is 10.7. The van der Waals surface area contributed by atoms with E-state index in [9.17, 15) is 14.7 Å². The molecule has 0 aliphatic carbocycles. The number of halogens is 1. The van der Waals surface area contributed by atoms with Crippen LogP contribution < -0.4 is 0 Å². The maximum atomic E-state index is 11.4. The number of carbonyl (C=O) groups excluding carboxylic acids is 2. The van der Waals surface area contributed by atoms with Gasteiger partial charge >= 0.3 is 5.91 Å². The number of ketones is 1. The van der Waals surface area contributed by atoms with E-state index in [4.69, 9.17) is 5.21 Å². The van der Waals surface area contributed by atoms with Gasteiger partial charge in [-0.05, 0) is 11.6 Å². The Morgan fingerprint density at radius 1 is 1.41 bits per heavy atom. The van der Waals surface area contributed by atoms with E-state index in [0.29, 0.717) is 10.0 Å². The van der Waals surface area contributed by atoms with Crippen molar-refractivity contribution in [2.45, 2.75) is 12.5 Å². The van der Waals surface area contributed by atoms with Crippen LogP contribution >= 0.6 is 15.9 Å². The Morgan fingerprint density at radius 2 is 2.00 bits per heavy atom. The molecule has 0 radical (unpaired) electrons. The number of Topliss-reactive ketones (excluding diaryl/α,β-unsaturated/α-hetero) is 1. The first-order chi connectivity index (χ1) is 7.93. The molecule has 1 atom stereocenters. The van der Waals surface area contributed by atoms with Crippen molar-refractivity contribution >= 4 is 27.6 Å². The van der Waals surface area contributed by atoms with Crippen LogP contribution in [0, 0.1) is 0 Å². The smallest absolute Gasteiger partial charge is 0.313 e. The summed E-state index contributed by atoms with van der Waals surface area (Å²) < 4.78 is 0.658. The van der Waals surface area contributed by atoms with Crippen LogP contribution in [-0.2, 0) is 9.59 Å². The highest BCUT2D eigenvalue weighted by Crippen LogP contribution is 2.25. The van der Waals surface area contributed by atoms with Crippen LogP contribution in [0.2, 0.25) is 0 Å². The van der Waals surface area contributed by atoms with Crippen LogP contribution in [0.1, 0.15) is 18.1 Å². The van der Waals surface area contributed by atoms with E-state index in [0.717, 1.165) is 7.05 Å². The first-order valence-corrected chi connectivity index (χ1v) is 5.65. The summed E-state index contributed by atoms with van der Waals surface area (Å²) in [5.41, 5.74) is 0.522. The van der Waals surface area contributed by atoms with Crippen molar-refractivity contribution in [1.29, 1.82) is 0 Å². The van der Waals surface area contributed by atoms with E-state index in [1.54, 1.807) is 24.3 Å². The molecule has 17 heavy (non-hydrogen) atoms. The maximum Gasteiger partial charge on any atom is 0.313 e. The van der Waals surface area contributed by atoms with Gasteiger partial charge in [-0.25, -0.2) is 5.06 Å². The van der Waals surface area contributed by atoms with E-state index in [2.05, 4.69) is 15.9 Å². The van der Waals surface area contributed by atoms with Crippen molar-refractivity contribution < 1.29 is 19.9 Å². The normalized spacial score (nSPS) is 12.0. The van der Waals surface area contributed by atoms with Gasteiger partial charge < -0.3 is 5.11 Å². The highest BCUT2D eigenvalue weighted by molar-refractivity contribution is 9.10. The van der Waals surface area contributed by atoms with Crippen molar-refractivity contribution in [3.8, 4) is 0 Å². The summed E-state index contributed by atoms with van der Waals surface area (Å²) in [4.78, 5) is 22.5. The number of benzene rings is 1. The van der Waals surface area contributed by atoms with Gasteiger partial charge in [0.25, 0.3) is 0 Å². The Bertz CT molecular complexity index is 433. The van der Waals surface area contributed by atoms with Crippen LogP contribution in [0.15, 0.2) is 28.7 Å². The predicted molar refractivity (Wildman–Crippen MR) is 63.3 cm³/mol. The Hall–Kier alpha value is -1.24. The fourth-order valence-electron chi connectivity index (χ4n) is 1.30. The minimum absolute atomic E-state index is 0.203. The standard InChI is InChI=1S/C11H12BrNO4/c1-13(17)11(16)10(15)6-9(14)7-4-2-3-5-8(7)12/h2-5,9,14,17H,6H2,1H3. The monoisotopic (exact) mass is 301 g/mol. The third-order valence-corrected chi connectivity index (χ3v) is 2.90. The van der Waals surface area contributed by atoms with Gasteiger partial charge in [0, 0.05) is 17.9 Å². The molecule has 5 nitrogen and oxygen atoms in total. The quantitative estimate of drug-likeness (QED) is 0.499. The number of carbonyl (C=O) groups is 2. The number of aliphatic hydroxyl groups is 1. The maximum absolute atomic E-state index is 11.4. The molecular formula is C11H12BrNO4. The average molecular weight is 302 g/mol. The second kappa shape index (κ2) is 5.90. The molecule has 0 spiro atoms. The zero-order chi connectivity index (χ0) is 13.0. The lowest BCUT2D eigenvalue weighted by Crippen LogP contribution is -2.31. The topological polar surface area (TPSA) is 77.8 Å². The molecule has 0 saturated heterocycles. The highest BCUT2D eigenvalue weighted by Gasteiger charge is 2.22. The van der Waals surface area contributed by atoms with Gasteiger partial charge in [-0.1, -0.05) is 34.1 Å². The van der Waals surface area contributed by atoms with Crippen LogP contribution in [0.25, 0.3) is 0 Å². The Balaban J connectivity index is 2.74. The van der Waals surface area contributed by atoms with Crippen LogP contribution in [0.5, 0.6) is 0 Å². The fourth-order valence-corrected chi connectivity index (χ4v) is 1.85. The minimum Gasteiger partial charge on any atom is -0.388 e. The molecule has 0 fully saturated rings. The number of hydroxylamine groups is 2. The number of likely N-dealkylation sites (N-methyl/N-ethyl adjacent to an activating group) is 1. The highest BCUT2D eigenvalue weighted by atomic mass is 79.9. The van der Waals surface area contributed by atoms with Crippen molar-refractivity contribution in [3.63, 3.8) is 0 Å². The summed E-state index contributed by atoms with van der Waals surface area (Å²) in [6.07, 6.45) is -1.45. The second-order valence-corrected chi connectivity index (χ2v) is 4.35. The molecule has 0 saturated carbocycles. The third-order valence-electron chi connectivity index (χ3n) is 2.18. The first-order valence-electron chi connectivity index (χ1n) is 4.85. The zero-order valence-electron chi connectivity index (χ0n) is 9.13. The molecule has 1 rings (SSSR count). The van der Waals surface area contributed by atoms with Crippen molar-refractivity contribution in [1.82, 2.24) is 5.06 Å². The molecule has 6 heteroatoms. The van der Waals surface area contributed by atoms with Crippen LogP contribution in [0.4, 0.5) is 0 Å². The Kier molecular flexibility index (Phi) is 4.80. The van der Waals surface area contributed by atoms with Crippen LogP contribution in [0.3, 0.4) is 0 Å². The molecule has 1 amide bonds. The Labute approximate surface area is 107 Å². The van der Waals surface area contributed by atoms with Crippen molar-refractivity contribution in [2.24, 2.45) is 0 Å². The fraction of sp³-hybridized carbons (Fsp3) is 0.273. The van der Waals surface area contributed by atoms with Gasteiger partial charge in [0.15, 0.2) is 0 Å². The summed E-state index contributed by atoms with van der Waals surface area (Å²) in [5.74, 6) is -1.89. The predicted octanol–water partition coefficient (Wildman–Crippen LogP) is 1.29. The van der Waals surface area contributed by atoms with Crippen LogP contribution in [-0.4, -0.2) is 34.1 Å². The van der Waals surface area contributed by atoms with Gasteiger partial charge in [-0.2, -0.15) is 0 Å². The average Bonchev–Trinajstić information content (AvgIpc) is 2.28. The van der Waals surface area contributed by atoms with Crippen molar-refractivity contribution in [2.75, 3.05) is 7.05 Å². The molecule has 2 N–H and O–H groups in total. The number of amides is 1. The molecule has 0 aliphatic heterocycles. The Morgan fingerprint density at radius 3 is 2.53 bits per heavy atom. The molecule has 1 aromatic carbocycles. The van der Waals surface area contributed by atoms with Gasteiger partial charge in [0.1, 0.15) is 0 Å². The van der Waals surface area contributed by atoms with Crippen molar-refractivity contribution in [3.05, 3.63) is 34.3 Å². The minimum atomic E-state index is -1.08. The van der Waals surface area contributed by atoms with E-state index in [1.165, 1.54) is 0 Å². The van der Waals surface area contributed by atoms with Gasteiger partial charge in [0.05, 0.1) is 6.10 Å². The summed E-state index contributed by atoms with van der Waals surface area (Å²) in [6, 6.07) is 6.86. The van der Waals surface area contributed by atoms with Gasteiger partial charge in [0.2, 0.25) is 5.78 Å². The van der Waals surface area contributed by atoms with E-state index in [-0.39, 0.29) is 11.5 Å². The number of nitrogens with zero attached hydrogens (tertiary/aromatic N) is 1. The number of aliphatic hydroxyl groups excluding tert-OH is 1. The second-order valence-electron chi connectivity index (χ2n) is 3.49. The third kappa shape index (κ3) is 3.62. The van der Waals surface area contributed by atoms with E-state index >= 15 is 0 Å². The van der Waals surface area contributed by atoms with Gasteiger partial charge in [-0.15, -0.1) is 0 Å². The lowest BCUT2D eigenvalue weighted by Gasteiger charge is -2.13. The molecule has 1 aromatic rings. The summed E-state index contributed by atoms with van der Waals surface area (Å²) in [6.45, 7) is 0. The first kappa shape index (κ1) is 13.8. The molecule has 0 heterocycles. The SMILES string of the molecule is CN(O)C(=O)C(=O)CC(O)c1ccccc1Br. The summed E-state index contributed by atoms with van der Waals surface area (Å²) in [5, 5.41) is 18.8.